The Kier molecular flexibility index (Phi) is 4.42. The van der Waals surface area contributed by atoms with Crippen molar-refractivity contribution in [2.75, 3.05) is 5.32 Å². The smallest absolute Gasteiger partial charge is 0.322 e. The molecule has 0 fully saturated rings. The number of carbonyl (C=O) groups is 1. The SMILES string of the molecule is O=C(Nc1cnc(Oc2ccccc2F)nc1)c1cccc(F)c1. The molecule has 0 unspecified atom stereocenters. The molecule has 0 atom stereocenters. The molecular weight excluding hydrogens is 316 g/mol. The molecule has 0 saturated carbocycles. The molecule has 120 valence electrons. The molecular formula is C17H11F2N3O2. The predicted octanol–water partition coefficient (Wildman–Crippen LogP) is 3.80. The number of rotatable bonds is 4. The van der Waals surface area contributed by atoms with Gasteiger partial charge in [-0.1, -0.05) is 18.2 Å². The van der Waals surface area contributed by atoms with Gasteiger partial charge in [-0.15, -0.1) is 0 Å². The zero-order valence-electron chi connectivity index (χ0n) is 12.2. The number of nitrogens with one attached hydrogen (secondary N) is 1. The summed E-state index contributed by atoms with van der Waals surface area (Å²) in [6.07, 6.45) is 2.61. The Labute approximate surface area is 136 Å². The summed E-state index contributed by atoms with van der Waals surface area (Å²) in [6.45, 7) is 0. The predicted molar refractivity (Wildman–Crippen MR) is 82.9 cm³/mol. The van der Waals surface area contributed by atoms with Crippen LogP contribution in [0, 0.1) is 11.6 Å². The molecule has 5 nitrogen and oxygen atoms in total. The number of nitrogens with zero attached hydrogens (tertiary/aromatic N) is 2. The van der Waals surface area contributed by atoms with Gasteiger partial charge in [-0.3, -0.25) is 4.79 Å². The van der Waals surface area contributed by atoms with Crippen molar-refractivity contribution in [2.24, 2.45) is 0 Å². The van der Waals surface area contributed by atoms with Gasteiger partial charge in [-0.2, -0.15) is 0 Å². The largest absolute Gasteiger partial charge is 0.421 e. The zero-order valence-corrected chi connectivity index (χ0v) is 12.2. The van der Waals surface area contributed by atoms with E-state index in [1.807, 2.05) is 0 Å². The summed E-state index contributed by atoms with van der Waals surface area (Å²) in [7, 11) is 0. The number of benzene rings is 2. The lowest BCUT2D eigenvalue weighted by atomic mass is 10.2. The maximum Gasteiger partial charge on any atom is 0.322 e. The van der Waals surface area contributed by atoms with Gasteiger partial charge in [0.15, 0.2) is 11.6 Å². The Balaban J connectivity index is 1.68. The van der Waals surface area contributed by atoms with Gasteiger partial charge in [-0.25, -0.2) is 18.7 Å². The van der Waals surface area contributed by atoms with E-state index in [0.717, 1.165) is 6.07 Å². The van der Waals surface area contributed by atoms with E-state index in [1.165, 1.54) is 48.8 Å². The Hall–Kier alpha value is -3.35. The molecule has 0 aliphatic carbocycles. The van der Waals surface area contributed by atoms with Crippen LogP contribution < -0.4 is 10.1 Å². The molecule has 7 heteroatoms. The maximum atomic E-state index is 13.5. The van der Waals surface area contributed by atoms with Crippen LogP contribution in [-0.2, 0) is 0 Å². The van der Waals surface area contributed by atoms with Crippen molar-refractivity contribution in [3.8, 4) is 11.8 Å². The summed E-state index contributed by atoms with van der Waals surface area (Å²) in [5.41, 5.74) is 0.465. The van der Waals surface area contributed by atoms with Gasteiger partial charge in [-0.05, 0) is 30.3 Å². The number of hydrogen-bond donors (Lipinski definition) is 1. The summed E-state index contributed by atoms with van der Waals surface area (Å²) in [6, 6.07) is 11.1. The number of para-hydroxylation sites is 1. The van der Waals surface area contributed by atoms with E-state index in [-0.39, 0.29) is 17.3 Å². The molecule has 0 radical (unpaired) electrons. The minimum absolute atomic E-state index is 0.00551. The number of halogens is 2. The lowest BCUT2D eigenvalue weighted by molar-refractivity contribution is 0.102. The fraction of sp³-hybridized carbons (Fsp3) is 0. The van der Waals surface area contributed by atoms with Crippen LogP contribution in [0.4, 0.5) is 14.5 Å². The molecule has 3 aromatic rings. The third-order valence-electron chi connectivity index (χ3n) is 3.01. The highest BCUT2D eigenvalue weighted by atomic mass is 19.1. The molecule has 1 amide bonds. The van der Waals surface area contributed by atoms with Crippen molar-refractivity contribution < 1.29 is 18.3 Å². The van der Waals surface area contributed by atoms with Gasteiger partial charge >= 0.3 is 6.01 Å². The second-order valence-electron chi connectivity index (χ2n) is 4.75. The Morgan fingerprint density at radius 2 is 1.75 bits per heavy atom. The van der Waals surface area contributed by atoms with Crippen LogP contribution >= 0.6 is 0 Å². The topological polar surface area (TPSA) is 64.1 Å². The molecule has 0 bridgehead atoms. The second kappa shape index (κ2) is 6.82. The van der Waals surface area contributed by atoms with Crippen LogP contribution in [0.15, 0.2) is 60.9 Å². The van der Waals surface area contributed by atoms with Crippen LogP contribution in [-0.4, -0.2) is 15.9 Å². The lowest BCUT2D eigenvalue weighted by Gasteiger charge is -2.07. The number of ether oxygens (including phenoxy) is 1. The average Bonchev–Trinajstić information content (AvgIpc) is 2.58. The van der Waals surface area contributed by atoms with Crippen molar-refractivity contribution in [2.45, 2.75) is 0 Å². The van der Waals surface area contributed by atoms with E-state index in [4.69, 9.17) is 4.74 Å². The van der Waals surface area contributed by atoms with Crippen molar-refractivity contribution >= 4 is 11.6 Å². The van der Waals surface area contributed by atoms with Crippen LogP contribution in [0.1, 0.15) is 10.4 Å². The molecule has 1 N–H and O–H groups in total. The summed E-state index contributed by atoms with van der Waals surface area (Å²) in [4.78, 5) is 19.8. The quantitative estimate of drug-likeness (QED) is 0.791. The average molecular weight is 327 g/mol. The van der Waals surface area contributed by atoms with Gasteiger partial charge in [0.2, 0.25) is 0 Å². The standard InChI is InChI=1S/C17H11F2N3O2/c18-12-5-3-4-11(8-12)16(23)22-13-9-20-17(21-10-13)24-15-7-2-1-6-14(15)19/h1-10H,(H,22,23). The summed E-state index contributed by atoms with van der Waals surface area (Å²) in [5.74, 6) is -1.55. The molecule has 0 spiro atoms. The highest BCUT2D eigenvalue weighted by Gasteiger charge is 2.09. The molecule has 24 heavy (non-hydrogen) atoms. The minimum Gasteiger partial charge on any atom is -0.421 e. The van der Waals surface area contributed by atoms with Crippen molar-refractivity contribution in [1.29, 1.82) is 0 Å². The van der Waals surface area contributed by atoms with E-state index in [1.54, 1.807) is 6.07 Å². The summed E-state index contributed by atoms with van der Waals surface area (Å²) >= 11 is 0. The first kappa shape index (κ1) is 15.5. The summed E-state index contributed by atoms with van der Waals surface area (Å²) < 4.78 is 31.8. The van der Waals surface area contributed by atoms with Crippen LogP contribution in [0.25, 0.3) is 0 Å². The molecule has 0 aliphatic heterocycles. The van der Waals surface area contributed by atoms with Crippen molar-refractivity contribution in [3.63, 3.8) is 0 Å². The minimum atomic E-state index is -0.537. The molecule has 1 aromatic heterocycles. The normalized spacial score (nSPS) is 10.2. The highest BCUT2D eigenvalue weighted by molar-refractivity contribution is 6.04. The highest BCUT2D eigenvalue weighted by Crippen LogP contribution is 2.21. The second-order valence-corrected chi connectivity index (χ2v) is 4.75. The van der Waals surface area contributed by atoms with E-state index in [2.05, 4.69) is 15.3 Å². The maximum absolute atomic E-state index is 13.5. The molecule has 2 aromatic carbocycles. The van der Waals surface area contributed by atoms with Crippen molar-refractivity contribution in [1.82, 2.24) is 9.97 Å². The van der Waals surface area contributed by atoms with Gasteiger partial charge in [0.05, 0.1) is 18.1 Å². The molecule has 0 aliphatic rings. The fourth-order valence-corrected chi connectivity index (χ4v) is 1.89. The van der Waals surface area contributed by atoms with Gasteiger partial charge in [0.25, 0.3) is 5.91 Å². The fourth-order valence-electron chi connectivity index (χ4n) is 1.89. The van der Waals surface area contributed by atoms with Gasteiger partial charge in [0.1, 0.15) is 5.82 Å². The Morgan fingerprint density at radius 1 is 1.00 bits per heavy atom. The van der Waals surface area contributed by atoms with Gasteiger partial charge in [0, 0.05) is 5.56 Å². The number of aromatic nitrogens is 2. The first-order chi connectivity index (χ1) is 11.6. The van der Waals surface area contributed by atoms with E-state index >= 15 is 0 Å². The molecule has 3 rings (SSSR count). The summed E-state index contributed by atoms with van der Waals surface area (Å²) in [5, 5.41) is 2.53. The number of hydrogen-bond acceptors (Lipinski definition) is 4. The lowest BCUT2D eigenvalue weighted by Crippen LogP contribution is -2.12. The molecule has 0 saturated heterocycles. The number of carbonyl (C=O) groups excluding carboxylic acids is 1. The number of amides is 1. The van der Waals surface area contributed by atoms with Crippen LogP contribution in [0.3, 0.4) is 0 Å². The van der Waals surface area contributed by atoms with E-state index < -0.39 is 17.5 Å². The third kappa shape index (κ3) is 3.70. The van der Waals surface area contributed by atoms with Crippen molar-refractivity contribution in [3.05, 3.63) is 78.1 Å². The molecule has 1 heterocycles. The zero-order chi connectivity index (χ0) is 16.9. The van der Waals surface area contributed by atoms with E-state index in [9.17, 15) is 13.6 Å². The van der Waals surface area contributed by atoms with Gasteiger partial charge < -0.3 is 10.1 Å². The third-order valence-corrected chi connectivity index (χ3v) is 3.01. The first-order valence-electron chi connectivity index (χ1n) is 6.93. The van der Waals surface area contributed by atoms with Crippen LogP contribution in [0.5, 0.6) is 11.8 Å². The first-order valence-corrected chi connectivity index (χ1v) is 6.93. The van der Waals surface area contributed by atoms with E-state index in [0.29, 0.717) is 5.69 Å². The Morgan fingerprint density at radius 3 is 2.46 bits per heavy atom. The monoisotopic (exact) mass is 327 g/mol. The Bertz CT molecular complexity index is 870. The van der Waals surface area contributed by atoms with Crippen LogP contribution in [0.2, 0.25) is 0 Å². The number of anilines is 1.